The third-order valence-corrected chi connectivity index (χ3v) is 7.62. The molecule has 1 aliphatic heterocycles. The van der Waals surface area contributed by atoms with Crippen LogP contribution < -0.4 is 15.0 Å². The van der Waals surface area contributed by atoms with Gasteiger partial charge in [-0.1, -0.05) is 61.5 Å². The van der Waals surface area contributed by atoms with Crippen LogP contribution in [0.2, 0.25) is 0 Å². The van der Waals surface area contributed by atoms with Gasteiger partial charge in [-0.05, 0) is 66.8 Å². The third kappa shape index (κ3) is 7.64. The highest BCUT2D eigenvalue weighted by molar-refractivity contribution is 8.15. The van der Waals surface area contributed by atoms with Crippen LogP contribution >= 0.6 is 11.8 Å². The molecule has 44 heavy (non-hydrogen) atoms. The predicted octanol–water partition coefficient (Wildman–Crippen LogP) is 6.48. The van der Waals surface area contributed by atoms with Crippen LogP contribution in [0.4, 0.5) is 23.7 Å². The van der Waals surface area contributed by atoms with E-state index in [1.807, 2.05) is 49.4 Å². The van der Waals surface area contributed by atoms with Gasteiger partial charge in [0.2, 0.25) is 5.91 Å². The first kappa shape index (κ1) is 30.8. The fourth-order valence-corrected chi connectivity index (χ4v) is 5.48. The molecule has 0 saturated carbocycles. The van der Waals surface area contributed by atoms with Crippen LogP contribution in [0.25, 0.3) is 17.1 Å². The molecule has 0 bridgehead atoms. The number of hydrogen-bond acceptors (Lipinski definition) is 6. The summed E-state index contributed by atoms with van der Waals surface area (Å²) in [5, 5.41) is 7.59. The molecule has 0 unspecified atom stereocenters. The molecule has 0 aliphatic carbocycles. The van der Waals surface area contributed by atoms with Crippen molar-refractivity contribution in [1.82, 2.24) is 20.1 Å². The summed E-state index contributed by atoms with van der Waals surface area (Å²) in [4.78, 5) is 35.5. The number of amides is 3. The van der Waals surface area contributed by atoms with Gasteiger partial charge < -0.3 is 10.1 Å². The first-order chi connectivity index (χ1) is 21.1. The molecule has 2 heterocycles. The van der Waals surface area contributed by atoms with E-state index in [-0.39, 0.29) is 17.4 Å². The standard InChI is InChI=1S/C31H29F3N6O3S/c1-3-4-22-8-5-20(2)17-26(22)40-27(41)18-44-30(40)37-29(42)35-16-15-21-6-9-23(10-7-21)28-36-19-39(38-28)24-11-13-25(14-12-24)43-31(32,33)34/h5-14,17,19H,3-4,15-16,18H2,1-2H3,(H,35,42). The zero-order chi connectivity index (χ0) is 31.3. The Bertz CT molecular complexity index is 1670. The normalized spacial score (nSPS) is 14.3. The summed E-state index contributed by atoms with van der Waals surface area (Å²) < 4.78 is 42.5. The van der Waals surface area contributed by atoms with Crippen molar-refractivity contribution in [2.45, 2.75) is 39.5 Å². The second kappa shape index (κ2) is 13.3. The smallest absolute Gasteiger partial charge is 0.406 e. The monoisotopic (exact) mass is 622 g/mol. The van der Waals surface area contributed by atoms with Gasteiger partial charge in [0.1, 0.15) is 12.1 Å². The molecule has 9 nitrogen and oxygen atoms in total. The van der Waals surface area contributed by atoms with E-state index in [0.717, 1.165) is 40.8 Å². The number of aryl methyl sites for hydroxylation is 2. The van der Waals surface area contributed by atoms with E-state index in [9.17, 15) is 22.8 Å². The van der Waals surface area contributed by atoms with Crippen molar-refractivity contribution in [2.24, 2.45) is 4.99 Å². The van der Waals surface area contributed by atoms with Gasteiger partial charge in [0.25, 0.3) is 0 Å². The van der Waals surface area contributed by atoms with Gasteiger partial charge in [-0.15, -0.1) is 18.3 Å². The molecule has 1 fully saturated rings. The number of rotatable bonds is 9. The van der Waals surface area contributed by atoms with Crippen molar-refractivity contribution in [3.8, 4) is 22.8 Å². The van der Waals surface area contributed by atoms with E-state index in [0.29, 0.717) is 29.6 Å². The lowest BCUT2D eigenvalue weighted by molar-refractivity contribution is -0.274. The zero-order valence-corrected chi connectivity index (χ0v) is 24.8. The van der Waals surface area contributed by atoms with E-state index >= 15 is 0 Å². The maximum atomic E-state index is 12.7. The number of thioether (sulfide) groups is 1. The quantitative estimate of drug-likeness (QED) is 0.229. The molecular weight excluding hydrogens is 593 g/mol. The lowest BCUT2D eigenvalue weighted by atomic mass is 10.0. The van der Waals surface area contributed by atoms with Crippen LogP contribution in [-0.2, 0) is 17.6 Å². The molecule has 228 valence electrons. The summed E-state index contributed by atoms with van der Waals surface area (Å²) in [6.07, 6.45) is -0.980. The number of nitrogens with one attached hydrogen (secondary N) is 1. The van der Waals surface area contributed by atoms with Crippen molar-refractivity contribution in [2.75, 3.05) is 17.2 Å². The largest absolute Gasteiger partial charge is 0.573 e. The fraction of sp³-hybridized carbons (Fsp3) is 0.258. The van der Waals surface area contributed by atoms with Crippen molar-refractivity contribution >= 4 is 34.6 Å². The van der Waals surface area contributed by atoms with Crippen LogP contribution in [0.15, 0.2) is 78.0 Å². The number of hydrogen-bond donors (Lipinski definition) is 1. The molecule has 4 aromatic rings. The van der Waals surface area contributed by atoms with E-state index in [4.69, 9.17) is 0 Å². The number of nitrogens with zero attached hydrogens (tertiary/aromatic N) is 5. The van der Waals surface area contributed by atoms with Gasteiger partial charge >= 0.3 is 12.4 Å². The number of amidine groups is 1. The molecular formula is C31H29F3N6O3S. The second-order valence-electron chi connectivity index (χ2n) is 10.0. The second-order valence-corrected chi connectivity index (χ2v) is 11.0. The number of carbonyl (C=O) groups excluding carboxylic acids is 2. The lowest BCUT2D eigenvalue weighted by Gasteiger charge is -2.20. The molecule has 1 saturated heterocycles. The summed E-state index contributed by atoms with van der Waals surface area (Å²) in [7, 11) is 0. The van der Waals surface area contributed by atoms with Gasteiger partial charge in [0, 0.05) is 12.1 Å². The van der Waals surface area contributed by atoms with Gasteiger partial charge in [-0.25, -0.2) is 14.5 Å². The first-order valence-electron chi connectivity index (χ1n) is 13.9. The van der Waals surface area contributed by atoms with Crippen LogP contribution in [0.3, 0.4) is 0 Å². The molecule has 0 spiro atoms. The van der Waals surface area contributed by atoms with Gasteiger partial charge in [-0.2, -0.15) is 4.99 Å². The zero-order valence-electron chi connectivity index (χ0n) is 24.0. The van der Waals surface area contributed by atoms with E-state index in [1.165, 1.54) is 47.0 Å². The molecule has 1 aromatic heterocycles. The highest BCUT2D eigenvalue weighted by Crippen LogP contribution is 2.31. The van der Waals surface area contributed by atoms with Crippen LogP contribution in [0, 0.1) is 6.92 Å². The number of ether oxygens (including phenoxy) is 1. The average molecular weight is 623 g/mol. The average Bonchev–Trinajstić information content (AvgIpc) is 3.61. The number of aliphatic imine (C=N–C) groups is 1. The Morgan fingerprint density at radius 1 is 1.07 bits per heavy atom. The van der Waals surface area contributed by atoms with Crippen molar-refractivity contribution < 1.29 is 27.5 Å². The van der Waals surface area contributed by atoms with Gasteiger partial charge in [0.05, 0.1) is 17.1 Å². The Kier molecular flexibility index (Phi) is 9.33. The number of aromatic nitrogens is 3. The molecule has 3 amide bonds. The summed E-state index contributed by atoms with van der Waals surface area (Å²) in [6, 6.07) is 18.3. The Balaban J connectivity index is 1.17. The number of benzene rings is 3. The number of anilines is 1. The Morgan fingerprint density at radius 3 is 2.52 bits per heavy atom. The molecule has 1 aliphatic rings. The molecule has 13 heteroatoms. The minimum absolute atomic E-state index is 0.0997. The lowest BCUT2D eigenvalue weighted by Crippen LogP contribution is -2.32. The number of halogens is 3. The molecule has 5 rings (SSSR count). The molecule has 3 aromatic carbocycles. The maximum absolute atomic E-state index is 12.7. The SMILES string of the molecule is CCCc1ccc(C)cc1N1C(=O)CSC1=NC(=O)NCCc1ccc(-c2ncn(-c3ccc(OC(F)(F)F)cc3)n2)cc1. The Morgan fingerprint density at radius 2 is 1.82 bits per heavy atom. The van der Waals surface area contributed by atoms with Crippen molar-refractivity contribution in [3.05, 3.63) is 89.7 Å². The Labute approximate surface area is 256 Å². The van der Waals surface area contributed by atoms with Crippen molar-refractivity contribution in [1.29, 1.82) is 0 Å². The summed E-state index contributed by atoms with van der Waals surface area (Å²) in [5.41, 5.74) is 5.09. The molecule has 0 radical (unpaired) electrons. The minimum atomic E-state index is -4.76. The molecule has 0 atom stereocenters. The Hall–Kier alpha value is -4.65. The number of urea groups is 1. The highest BCUT2D eigenvalue weighted by Gasteiger charge is 2.32. The van der Waals surface area contributed by atoms with Crippen molar-refractivity contribution in [3.63, 3.8) is 0 Å². The summed E-state index contributed by atoms with van der Waals surface area (Å²) >= 11 is 1.25. The van der Waals surface area contributed by atoms with E-state index < -0.39 is 12.4 Å². The van der Waals surface area contributed by atoms with Crippen LogP contribution in [-0.4, -0.2) is 50.5 Å². The fourth-order valence-electron chi connectivity index (χ4n) is 4.63. The van der Waals surface area contributed by atoms with Gasteiger partial charge in [-0.3, -0.25) is 9.69 Å². The summed E-state index contributed by atoms with van der Waals surface area (Å²) in [5.74, 6) is 0.255. The van der Waals surface area contributed by atoms with Crippen LogP contribution in [0.5, 0.6) is 5.75 Å². The molecule has 1 N–H and O–H groups in total. The van der Waals surface area contributed by atoms with Gasteiger partial charge in [0.15, 0.2) is 11.0 Å². The van der Waals surface area contributed by atoms with E-state index in [2.05, 4.69) is 32.1 Å². The summed E-state index contributed by atoms with van der Waals surface area (Å²) in [6.45, 7) is 4.39. The highest BCUT2D eigenvalue weighted by atomic mass is 32.2. The number of carbonyl (C=O) groups is 2. The third-order valence-electron chi connectivity index (χ3n) is 6.69. The topological polar surface area (TPSA) is 102 Å². The maximum Gasteiger partial charge on any atom is 0.573 e. The first-order valence-corrected chi connectivity index (χ1v) is 14.9. The number of alkyl halides is 3. The van der Waals surface area contributed by atoms with Crippen LogP contribution in [0.1, 0.15) is 30.0 Å². The minimum Gasteiger partial charge on any atom is -0.406 e. The predicted molar refractivity (Wildman–Crippen MR) is 163 cm³/mol. The van der Waals surface area contributed by atoms with E-state index in [1.54, 1.807) is 4.90 Å².